The highest BCUT2D eigenvalue weighted by atomic mass is 32.2. The maximum Gasteiger partial charge on any atom is 0.381 e. The van der Waals surface area contributed by atoms with Crippen LogP contribution >= 0.6 is 11.8 Å². The normalized spacial score (nSPS) is 10.2. The molecule has 0 unspecified atom stereocenters. The SMILES string of the molecule is CSc1cccc(NC(=O)Cn2cnc([N+](=O)[O-])c2)c1. The van der Waals surface area contributed by atoms with Crippen LogP contribution in [-0.4, -0.2) is 26.6 Å². The van der Waals surface area contributed by atoms with Crippen LogP contribution in [0.15, 0.2) is 41.7 Å². The van der Waals surface area contributed by atoms with Crippen LogP contribution in [0.4, 0.5) is 11.5 Å². The van der Waals surface area contributed by atoms with E-state index in [2.05, 4.69) is 10.3 Å². The summed E-state index contributed by atoms with van der Waals surface area (Å²) < 4.78 is 1.37. The molecule has 0 atom stereocenters. The number of nitro groups is 1. The summed E-state index contributed by atoms with van der Waals surface area (Å²) in [4.78, 5) is 26.3. The van der Waals surface area contributed by atoms with Crippen molar-refractivity contribution in [2.24, 2.45) is 0 Å². The number of carbonyl (C=O) groups is 1. The van der Waals surface area contributed by atoms with Gasteiger partial charge in [0.25, 0.3) is 0 Å². The Bertz CT molecular complexity index is 641. The topological polar surface area (TPSA) is 90.1 Å². The van der Waals surface area contributed by atoms with E-state index >= 15 is 0 Å². The summed E-state index contributed by atoms with van der Waals surface area (Å²) in [5.41, 5.74) is 0.691. The lowest BCUT2D eigenvalue weighted by molar-refractivity contribution is -0.389. The van der Waals surface area contributed by atoms with Gasteiger partial charge in [-0.2, -0.15) is 0 Å². The van der Waals surface area contributed by atoms with E-state index in [4.69, 9.17) is 0 Å². The summed E-state index contributed by atoms with van der Waals surface area (Å²) in [7, 11) is 0. The van der Waals surface area contributed by atoms with Gasteiger partial charge in [0, 0.05) is 10.6 Å². The Labute approximate surface area is 119 Å². The van der Waals surface area contributed by atoms with Gasteiger partial charge in [0.15, 0.2) is 0 Å². The van der Waals surface area contributed by atoms with Gasteiger partial charge >= 0.3 is 5.82 Å². The van der Waals surface area contributed by atoms with Gasteiger partial charge in [-0.15, -0.1) is 11.8 Å². The van der Waals surface area contributed by atoms with Crippen molar-refractivity contribution in [3.05, 3.63) is 46.9 Å². The van der Waals surface area contributed by atoms with E-state index in [1.165, 1.54) is 17.1 Å². The first-order valence-electron chi connectivity index (χ1n) is 5.68. The van der Waals surface area contributed by atoms with Gasteiger partial charge in [-0.25, -0.2) is 0 Å². The molecule has 20 heavy (non-hydrogen) atoms. The Hall–Kier alpha value is -2.35. The molecule has 0 bridgehead atoms. The van der Waals surface area contributed by atoms with Gasteiger partial charge in [-0.3, -0.25) is 4.79 Å². The Morgan fingerprint density at radius 1 is 1.55 bits per heavy atom. The molecule has 7 nitrogen and oxygen atoms in total. The Kier molecular flexibility index (Phi) is 4.36. The molecule has 104 valence electrons. The van der Waals surface area contributed by atoms with Crippen molar-refractivity contribution in [2.45, 2.75) is 11.4 Å². The Morgan fingerprint density at radius 3 is 3.00 bits per heavy atom. The van der Waals surface area contributed by atoms with Crippen LogP contribution in [0.1, 0.15) is 0 Å². The number of carbonyl (C=O) groups excluding carboxylic acids is 1. The molecule has 0 spiro atoms. The monoisotopic (exact) mass is 292 g/mol. The predicted octanol–water partition coefficient (Wildman–Crippen LogP) is 2.15. The van der Waals surface area contributed by atoms with E-state index < -0.39 is 4.92 Å². The third kappa shape index (κ3) is 3.58. The minimum Gasteiger partial charge on any atom is -0.358 e. The molecule has 0 saturated carbocycles. The van der Waals surface area contributed by atoms with Crippen molar-refractivity contribution in [3.8, 4) is 0 Å². The molecular formula is C12H12N4O3S. The van der Waals surface area contributed by atoms with Crippen LogP contribution in [0.2, 0.25) is 0 Å². The molecule has 0 radical (unpaired) electrons. The zero-order valence-electron chi connectivity index (χ0n) is 10.6. The van der Waals surface area contributed by atoms with Crippen molar-refractivity contribution in [1.82, 2.24) is 9.55 Å². The van der Waals surface area contributed by atoms with Crippen molar-refractivity contribution < 1.29 is 9.72 Å². The van der Waals surface area contributed by atoms with E-state index in [-0.39, 0.29) is 18.3 Å². The summed E-state index contributed by atoms with van der Waals surface area (Å²) in [6, 6.07) is 7.44. The second-order valence-corrected chi connectivity index (χ2v) is 4.82. The Morgan fingerprint density at radius 2 is 2.35 bits per heavy atom. The van der Waals surface area contributed by atoms with Crippen molar-refractivity contribution in [2.75, 3.05) is 11.6 Å². The van der Waals surface area contributed by atoms with Crippen LogP contribution in [-0.2, 0) is 11.3 Å². The first-order chi connectivity index (χ1) is 9.58. The molecule has 1 N–H and O–H groups in total. The number of benzene rings is 1. The lowest BCUT2D eigenvalue weighted by Crippen LogP contribution is -2.17. The van der Waals surface area contributed by atoms with Gasteiger partial charge in [0.2, 0.25) is 12.2 Å². The minimum absolute atomic E-state index is 0.0235. The molecule has 0 aliphatic heterocycles. The van der Waals surface area contributed by atoms with Gasteiger partial charge in [-0.1, -0.05) is 6.07 Å². The molecule has 0 aliphatic rings. The summed E-state index contributed by atoms with van der Waals surface area (Å²) in [6.07, 6.45) is 4.43. The second-order valence-electron chi connectivity index (χ2n) is 3.94. The summed E-state index contributed by atoms with van der Waals surface area (Å²) in [5.74, 6) is -0.544. The number of thioether (sulfide) groups is 1. The average molecular weight is 292 g/mol. The van der Waals surface area contributed by atoms with Crippen molar-refractivity contribution >= 4 is 29.2 Å². The lowest BCUT2D eigenvalue weighted by atomic mass is 10.3. The quantitative estimate of drug-likeness (QED) is 0.518. The number of rotatable bonds is 5. The highest BCUT2D eigenvalue weighted by Crippen LogP contribution is 2.19. The van der Waals surface area contributed by atoms with Crippen LogP contribution in [0.5, 0.6) is 0 Å². The first kappa shape index (κ1) is 14.1. The Balaban J connectivity index is 1.99. The molecule has 2 aromatic rings. The van der Waals surface area contributed by atoms with Gasteiger partial charge in [0.1, 0.15) is 12.7 Å². The maximum absolute atomic E-state index is 11.8. The van der Waals surface area contributed by atoms with Crippen LogP contribution < -0.4 is 5.32 Å². The number of hydrogen-bond acceptors (Lipinski definition) is 5. The van der Waals surface area contributed by atoms with Crippen LogP contribution in [0.25, 0.3) is 0 Å². The van der Waals surface area contributed by atoms with Crippen LogP contribution in [0.3, 0.4) is 0 Å². The number of nitrogens with one attached hydrogen (secondary N) is 1. The second kappa shape index (κ2) is 6.20. The fraction of sp³-hybridized carbons (Fsp3) is 0.167. The average Bonchev–Trinajstić information content (AvgIpc) is 2.87. The van der Waals surface area contributed by atoms with Crippen molar-refractivity contribution in [1.29, 1.82) is 0 Å². The molecule has 1 heterocycles. The molecule has 0 saturated heterocycles. The zero-order valence-corrected chi connectivity index (χ0v) is 11.5. The number of imidazole rings is 1. The molecule has 1 aromatic heterocycles. The third-order valence-electron chi connectivity index (χ3n) is 2.49. The standard InChI is InChI=1S/C12H12N4O3S/c1-20-10-4-2-3-9(5-10)14-12(17)7-15-6-11(13-8-15)16(18)19/h2-6,8H,7H2,1H3,(H,14,17). The first-order valence-corrected chi connectivity index (χ1v) is 6.91. The summed E-state index contributed by atoms with van der Waals surface area (Å²) >= 11 is 1.58. The third-order valence-corrected chi connectivity index (χ3v) is 3.21. The van der Waals surface area contributed by atoms with Gasteiger partial charge < -0.3 is 20.0 Å². The predicted molar refractivity (Wildman–Crippen MR) is 75.7 cm³/mol. The smallest absolute Gasteiger partial charge is 0.358 e. The molecule has 2 rings (SSSR count). The van der Waals surface area contributed by atoms with Crippen LogP contribution in [0, 0.1) is 10.1 Å². The van der Waals surface area contributed by atoms with E-state index in [9.17, 15) is 14.9 Å². The highest BCUT2D eigenvalue weighted by Gasteiger charge is 2.12. The molecule has 0 aliphatic carbocycles. The minimum atomic E-state index is -0.601. The zero-order chi connectivity index (χ0) is 14.5. The fourth-order valence-electron chi connectivity index (χ4n) is 1.60. The summed E-state index contributed by atoms with van der Waals surface area (Å²) in [5, 5.41) is 13.2. The number of aromatic nitrogens is 2. The van der Waals surface area contributed by atoms with E-state index in [1.807, 2.05) is 24.5 Å². The van der Waals surface area contributed by atoms with Crippen molar-refractivity contribution in [3.63, 3.8) is 0 Å². The molecular weight excluding hydrogens is 280 g/mol. The number of nitrogens with zero attached hydrogens (tertiary/aromatic N) is 3. The molecule has 0 fully saturated rings. The number of anilines is 1. The maximum atomic E-state index is 11.8. The lowest BCUT2D eigenvalue weighted by Gasteiger charge is -2.06. The number of hydrogen-bond donors (Lipinski definition) is 1. The fourth-order valence-corrected chi connectivity index (χ4v) is 2.06. The molecule has 1 aromatic carbocycles. The number of amides is 1. The largest absolute Gasteiger partial charge is 0.381 e. The summed E-state index contributed by atoms with van der Waals surface area (Å²) in [6.45, 7) is -0.0235. The van der Waals surface area contributed by atoms with Gasteiger partial charge in [-0.05, 0) is 34.4 Å². The van der Waals surface area contributed by atoms with E-state index in [0.29, 0.717) is 5.69 Å². The molecule has 8 heteroatoms. The van der Waals surface area contributed by atoms with E-state index in [1.54, 1.807) is 17.8 Å². The van der Waals surface area contributed by atoms with E-state index in [0.717, 1.165) is 4.90 Å². The molecule has 1 amide bonds. The highest BCUT2D eigenvalue weighted by molar-refractivity contribution is 7.98. The van der Waals surface area contributed by atoms with Gasteiger partial charge in [0.05, 0.1) is 0 Å².